The molecular weight excluding hydrogens is 318 g/mol. The molecule has 0 aliphatic heterocycles. The SMILES string of the molecule is COc1c(C)cnc(CNC(=O)N(C)[C@@H](C)CS(C)(=O)=O)c1C. The molecular formula is C15H25N3O4S. The van der Waals surface area contributed by atoms with Crippen LogP contribution in [0.3, 0.4) is 0 Å². The first-order valence-electron chi connectivity index (χ1n) is 7.24. The van der Waals surface area contributed by atoms with E-state index in [0.29, 0.717) is 5.69 Å². The summed E-state index contributed by atoms with van der Waals surface area (Å²) < 4.78 is 28.0. The monoisotopic (exact) mass is 343 g/mol. The second kappa shape index (κ2) is 7.63. The standard InChI is InChI=1S/C15H25N3O4S/c1-10-7-16-13(12(3)14(10)22-5)8-17-15(19)18(4)11(2)9-23(6,20)21/h7,11H,8-9H2,1-6H3,(H,17,19)/t11-/m0/s1. The van der Waals surface area contributed by atoms with Crippen molar-refractivity contribution >= 4 is 15.9 Å². The van der Waals surface area contributed by atoms with Crippen molar-refractivity contribution < 1.29 is 17.9 Å². The van der Waals surface area contributed by atoms with Gasteiger partial charge in [0, 0.05) is 36.7 Å². The van der Waals surface area contributed by atoms with Gasteiger partial charge in [-0.05, 0) is 20.8 Å². The number of nitrogens with one attached hydrogen (secondary N) is 1. The Morgan fingerprint density at radius 1 is 1.43 bits per heavy atom. The predicted molar refractivity (Wildman–Crippen MR) is 89.4 cm³/mol. The largest absolute Gasteiger partial charge is 0.496 e. The van der Waals surface area contributed by atoms with E-state index < -0.39 is 15.9 Å². The van der Waals surface area contributed by atoms with Gasteiger partial charge in [0.2, 0.25) is 0 Å². The first-order valence-corrected chi connectivity index (χ1v) is 9.30. The maximum atomic E-state index is 12.1. The number of pyridine rings is 1. The van der Waals surface area contributed by atoms with Crippen LogP contribution in [0.4, 0.5) is 4.79 Å². The lowest BCUT2D eigenvalue weighted by Crippen LogP contribution is -2.44. The Morgan fingerprint density at radius 3 is 2.57 bits per heavy atom. The molecule has 0 radical (unpaired) electrons. The Balaban J connectivity index is 2.73. The molecule has 0 spiro atoms. The average Bonchev–Trinajstić information content (AvgIpc) is 2.44. The molecule has 1 aromatic rings. The first kappa shape index (κ1) is 19.2. The molecule has 0 fully saturated rings. The lowest BCUT2D eigenvalue weighted by Gasteiger charge is -2.24. The topological polar surface area (TPSA) is 88.6 Å². The number of amides is 2. The number of carbonyl (C=O) groups is 1. The summed E-state index contributed by atoms with van der Waals surface area (Å²) in [7, 11) is 0.0262. The number of sulfone groups is 1. The van der Waals surface area contributed by atoms with Gasteiger partial charge in [-0.2, -0.15) is 0 Å². The van der Waals surface area contributed by atoms with Crippen molar-refractivity contribution in [2.24, 2.45) is 0 Å². The highest BCUT2D eigenvalue weighted by molar-refractivity contribution is 7.90. The van der Waals surface area contributed by atoms with Crippen LogP contribution < -0.4 is 10.1 Å². The molecule has 0 saturated carbocycles. The number of ether oxygens (including phenoxy) is 1. The molecule has 8 heteroatoms. The number of hydrogen-bond acceptors (Lipinski definition) is 5. The van der Waals surface area contributed by atoms with Gasteiger partial charge in [-0.25, -0.2) is 13.2 Å². The van der Waals surface area contributed by atoms with Crippen LogP contribution in [0, 0.1) is 13.8 Å². The van der Waals surface area contributed by atoms with Gasteiger partial charge in [0.05, 0.1) is 25.1 Å². The van der Waals surface area contributed by atoms with Crippen LogP contribution in [0.2, 0.25) is 0 Å². The third-order valence-corrected chi connectivity index (χ3v) is 4.77. The molecule has 1 heterocycles. The molecule has 1 atom stereocenters. The molecule has 0 bridgehead atoms. The van der Waals surface area contributed by atoms with Crippen molar-refractivity contribution in [1.29, 1.82) is 0 Å². The maximum absolute atomic E-state index is 12.1. The van der Waals surface area contributed by atoms with Crippen LogP contribution in [-0.4, -0.2) is 56.5 Å². The van der Waals surface area contributed by atoms with Gasteiger partial charge in [-0.3, -0.25) is 4.98 Å². The molecule has 1 aromatic heterocycles. The van der Waals surface area contributed by atoms with Gasteiger partial charge in [-0.1, -0.05) is 0 Å². The molecule has 23 heavy (non-hydrogen) atoms. The van der Waals surface area contributed by atoms with E-state index in [0.717, 1.165) is 23.1 Å². The van der Waals surface area contributed by atoms with E-state index in [1.165, 1.54) is 4.90 Å². The highest BCUT2D eigenvalue weighted by Gasteiger charge is 2.20. The van der Waals surface area contributed by atoms with E-state index in [1.54, 1.807) is 27.3 Å². The molecule has 0 unspecified atom stereocenters. The molecule has 1 N–H and O–H groups in total. The van der Waals surface area contributed by atoms with E-state index in [-0.39, 0.29) is 18.3 Å². The van der Waals surface area contributed by atoms with Crippen LogP contribution in [0.1, 0.15) is 23.7 Å². The number of hydrogen-bond donors (Lipinski definition) is 1. The summed E-state index contributed by atoms with van der Waals surface area (Å²) in [6.45, 7) is 5.73. The molecule has 0 aliphatic carbocycles. The minimum absolute atomic E-state index is 0.0768. The van der Waals surface area contributed by atoms with Crippen LogP contribution in [0.5, 0.6) is 5.75 Å². The van der Waals surface area contributed by atoms with Crippen molar-refractivity contribution in [1.82, 2.24) is 15.2 Å². The maximum Gasteiger partial charge on any atom is 0.317 e. The summed E-state index contributed by atoms with van der Waals surface area (Å²) in [6.07, 6.45) is 2.85. The Bertz CT molecular complexity index is 674. The average molecular weight is 343 g/mol. The van der Waals surface area contributed by atoms with E-state index in [2.05, 4.69) is 10.3 Å². The molecule has 2 amide bonds. The van der Waals surface area contributed by atoms with E-state index in [9.17, 15) is 13.2 Å². The normalized spacial score (nSPS) is 12.6. The highest BCUT2D eigenvalue weighted by atomic mass is 32.2. The van der Waals surface area contributed by atoms with E-state index in [4.69, 9.17) is 4.74 Å². The Kier molecular flexibility index (Phi) is 6.37. The number of methoxy groups -OCH3 is 1. The number of carbonyl (C=O) groups excluding carboxylic acids is 1. The fourth-order valence-electron chi connectivity index (χ4n) is 2.28. The van der Waals surface area contributed by atoms with Gasteiger partial charge in [0.1, 0.15) is 15.6 Å². The van der Waals surface area contributed by atoms with Gasteiger partial charge in [0.15, 0.2) is 0 Å². The van der Waals surface area contributed by atoms with Gasteiger partial charge >= 0.3 is 6.03 Å². The number of rotatable bonds is 6. The first-order chi connectivity index (χ1) is 10.6. The van der Waals surface area contributed by atoms with Gasteiger partial charge < -0.3 is 15.0 Å². The third kappa shape index (κ3) is 5.38. The molecule has 130 valence electrons. The number of nitrogens with zero attached hydrogens (tertiary/aromatic N) is 2. The highest BCUT2D eigenvalue weighted by Crippen LogP contribution is 2.23. The predicted octanol–water partition coefficient (Wildman–Crippen LogP) is 1.28. The summed E-state index contributed by atoms with van der Waals surface area (Å²) in [5, 5.41) is 2.75. The molecule has 0 aliphatic rings. The third-order valence-electron chi connectivity index (χ3n) is 3.68. The smallest absolute Gasteiger partial charge is 0.317 e. The fourth-order valence-corrected chi connectivity index (χ4v) is 3.38. The molecule has 0 saturated heterocycles. The Labute approximate surface area is 138 Å². The molecule has 7 nitrogen and oxygen atoms in total. The van der Waals surface area contributed by atoms with Crippen LogP contribution >= 0.6 is 0 Å². The van der Waals surface area contributed by atoms with Crippen LogP contribution in [0.15, 0.2) is 6.20 Å². The zero-order chi connectivity index (χ0) is 17.8. The zero-order valence-electron chi connectivity index (χ0n) is 14.5. The summed E-state index contributed by atoms with van der Waals surface area (Å²) in [4.78, 5) is 17.8. The number of urea groups is 1. The summed E-state index contributed by atoms with van der Waals surface area (Å²) in [5.41, 5.74) is 2.52. The van der Waals surface area contributed by atoms with Crippen molar-refractivity contribution in [2.45, 2.75) is 33.4 Å². The van der Waals surface area contributed by atoms with Gasteiger partial charge in [-0.15, -0.1) is 0 Å². The minimum atomic E-state index is -3.14. The summed E-state index contributed by atoms with van der Waals surface area (Å²) in [6, 6.07) is -0.756. The summed E-state index contributed by atoms with van der Waals surface area (Å²) in [5.74, 6) is 0.676. The Hall–Kier alpha value is -1.83. The second-order valence-electron chi connectivity index (χ2n) is 5.76. The zero-order valence-corrected chi connectivity index (χ0v) is 15.3. The fraction of sp³-hybridized carbons (Fsp3) is 0.600. The van der Waals surface area contributed by atoms with Crippen molar-refractivity contribution in [3.63, 3.8) is 0 Å². The van der Waals surface area contributed by atoms with Crippen molar-refractivity contribution in [3.05, 3.63) is 23.0 Å². The Morgan fingerprint density at radius 2 is 2.04 bits per heavy atom. The van der Waals surface area contributed by atoms with Crippen molar-refractivity contribution in [3.8, 4) is 5.75 Å². The summed E-state index contributed by atoms with van der Waals surface area (Å²) >= 11 is 0. The number of aryl methyl sites for hydroxylation is 1. The van der Waals surface area contributed by atoms with Crippen LogP contribution in [0.25, 0.3) is 0 Å². The molecule has 1 rings (SSSR count). The van der Waals surface area contributed by atoms with E-state index >= 15 is 0 Å². The van der Waals surface area contributed by atoms with E-state index in [1.807, 2.05) is 13.8 Å². The minimum Gasteiger partial charge on any atom is -0.496 e. The molecule has 0 aromatic carbocycles. The lowest BCUT2D eigenvalue weighted by atomic mass is 10.1. The van der Waals surface area contributed by atoms with Crippen molar-refractivity contribution in [2.75, 3.05) is 26.2 Å². The van der Waals surface area contributed by atoms with Crippen LogP contribution in [-0.2, 0) is 16.4 Å². The lowest BCUT2D eigenvalue weighted by molar-refractivity contribution is 0.197. The van der Waals surface area contributed by atoms with Gasteiger partial charge in [0.25, 0.3) is 0 Å². The second-order valence-corrected chi connectivity index (χ2v) is 7.94. The quantitative estimate of drug-likeness (QED) is 0.840. The number of aromatic nitrogens is 1.